The first-order chi connectivity index (χ1) is 8.52. The van der Waals surface area contributed by atoms with Crippen molar-refractivity contribution in [3.8, 4) is 5.75 Å². The van der Waals surface area contributed by atoms with E-state index in [9.17, 15) is 0 Å². The maximum Gasteiger partial charge on any atom is 0.499 e. The summed E-state index contributed by atoms with van der Waals surface area (Å²) in [6.07, 6.45) is 0.867. The smallest absolute Gasteiger partial charge is 0.491 e. The molecule has 5 heteroatoms. The molecule has 0 radical (unpaired) electrons. The molecule has 96 valence electrons. The number of rotatable bonds is 1. The summed E-state index contributed by atoms with van der Waals surface area (Å²) < 4.78 is 17.8. The van der Waals surface area contributed by atoms with Gasteiger partial charge in [0.05, 0.1) is 11.7 Å². The van der Waals surface area contributed by atoms with Crippen LogP contribution in [-0.4, -0.2) is 19.3 Å². The molecule has 0 aromatic heterocycles. The molecule has 0 bridgehead atoms. The zero-order valence-corrected chi connectivity index (χ0v) is 11.6. The highest BCUT2D eigenvalue weighted by Crippen LogP contribution is 2.38. The van der Waals surface area contributed by atoms with Gasteiger partial charge in [-0.25, -0.2) is 0 Å². The van der Waals surface area contributed by atoms with E-state index in [2.05, 4.69) is 6.92 Å². The molecule has 0 fully saturated rings. The molecule has 18 heavy (non-hydrogen) atoms. The lowest BCUT2D eigenvalue weighted by atomic mass is 9.77. The molecule has 0 amide bonds. The highest BCUT2D eigenvalue weighted by Gasteiger charge is 2.45. The Morgan fingerprint density at radius 1 is 1.44 bits per heavy atom. The van der Waals surface area contributed by atoms with Crippen LogP contribution in [0.2, 0.25) is 5.02 Å². The van der Waals surface area contributed by atoms with E-state index in [-0.39, 0.29) is 18.8 Å². The molecule has 3 rings (SSSR count). The van der Waals surface area contributed by atoms with Gasteiger partial charge in [0.25, 0.3) is 0 Å². The maximum atomic E-state index is 6.29. The molecule has 0 aliphatic carbocycles. The Balaban J connectivity index is 2.13. The Morgan fingerprint density at radius 2 is 2.22 bits per heavy atom. The Hall–Kier alpha value is -0.705. The van der Waals surface area contributed by atoms with E-state index >= 15 is 0 Å². The lowest BCUT2D eigenvalue weighted by Gasteiger charge is -2.25. The van der Waals surface area contributed by atoms with Gasteiger partial charge in [-0.3, -0.25) is 0 Å². The minimum absolute atomic E-state index is 0.00468. The Kier molecular flexibility index (Phi) is 2.85. The van der Waals surface area contributed by atoms with E-state index in [1.165, 1.54) is 0 Å². The molecule has 1 unspecified atom stereocenters. The predicted octanol–water partition coefficient (Wildman–Crippen LogP) is 2.70. The van der Waals surface area contributed by atoms with Crippen molar-refractivity contribution in [3.63, 3.8) is 0 Å². The number of benzene rings is 1. The molecule has 0 saturated carbocycles. The minimum Gasteiger partial charge on any atom is -0.491 e. The molecule has 3 nitrogen and oxygen atoms in total. The third-order valence-corrected chi connectivity index (χ3v) is 3.74. The lowest BCUT2D eigenvalue weighted by molar-refractivity contribution is 0.0268. The van der Waals surface area contributed by atoms with Gasteiger partial charge >= 0.3 is 7.12 Å². The van der Waals surface area contributed by atoms with Gasteiger partial charge in [-0.15, -0.1) is 0 Å². The Bertz CT molecular complexity index is 489. The maximum absolute atomic E-state index is 6.29. The average Bonchev–Trinajstić information content (AvgIpc) is 2.61. The van der Waals surface area contributed by atoms with E-state index in [4.69, 9.17) is 25.6 Å². The number of halogens is 1. The fourth-order valence-electron chi connectivity index (χ4n) is 2.53. The third kappa shape index (κ3) is 1.83. The summed E-state index contributed by atoms with van der Waals surface area (Å²) in [6, 6.07) is 3.78. The van der Waals surface area contributed by atoms with Crippen LogP contribution < -0.4 is 10.2 Å². The van der Waals surface area contributed by atoms with Gasteiger partial charge in [0.1, 0.15) is 12.4 Å². The molecule has 1 aromatic carbocycles. The first-order valence-electron chi connectivity index (χ1n) is 6.30. The van der Waals surface area contributed by atoms with Crippen LogP contribution in [0.25, 0.3) is 0 Å². The van der Waals surface area contributed by atoms with Gasteiger partial charge in [-0.2, -0.15) is 0 Å². The second-order valence-electron chi connectivity index (χ2n) is 5.40. The summed E-state index contributed by atoms with van der Waals surface area (Å²) in [5.74, 6) is 0.834. The number of hydrogen-bond donors (Lipinski definition) is 0. The van der Waals surface area contributed by atoms with E-state index in [0.717, 1.165) is 28.2 Å². The van der Waals surface area contributed by atoms with Crippen molar-refractivity contribution in [1.29, 1.82) is 0 Å². The lowest BCUT2D eigenvalue weighted by Crippen LogP contribution is -2.40. The highest BCUT2D eigenvalue weighted by atomic mass is 35.5. The van der Waals surface area contributed by atoms with Crippen LogP contribution in [0.15, 0.2) is 12.1 Å². The predicted molar refractivity (Wildman–Crippen MR) is 71.6 cm³/mol. The molecule has 0 N–H and O–H groups in total. The minimum atomic E-state index is -0.365. The van der Waals surface area contributed by atoms with Crippen molar-refractivity contribution >= 4 is 24.2 Å². The first-order valence-corrected chi connectivity index (χ1v) is 6.68. The second kappa shape index (κ2) is 4.15. The zero-order valence-electron chi connectivity index (χ0n) is 10.8. The van der Waals surface area contributed by atoms with Crippen molar-refractivity contribution in [3.05, 3.63) is 22.7 Å². The molecule has 2 aliphatic heterocycles. The average molecular weight is 267 g/mol. The van der Waals surface area contributed by atoms with Crippen molar-refractivity contribution < 1.29 is 14.0 Å². The van der Waals surface area contributed by atoms with Crippen molar-refractivity contribution in [1.82, 2.24) is 0 Å². The summed E-state index contributed by atoms with van der Waals surface area (Å²) >= 11 is 6.29. The molecule has 2 aliphatic rings. The highest BCUT2D eigenvalue weighted by molar-refractivity contribution is 6.65. The second-order valence-corrected chi connectivity index (χ2v) is 5.81. The van der Waals surface area contributed by atoms with Gasteiger partial charge in [-0.1, -0.05) is 18.5 Å². The molecule has 0 saturated heterocycles. The topological polar surface area (TPSA) is 27.7 Å². The van der Waals surface area contributed by atoms with Gasteiger partial charge in [0.2, 0.25) is 0 Å². The third-order valence-electron chi connectivity index (χ3n) is 3.41. The van der Waals surface area contributed by atoms with E-state index in [1.807, 2.05) is 26.0 Å². The molecular formula is C13H16BClO3. The van der Waals surface area contributed by atoms with Crippen molar-refractivity contribution in [2.24, 2.45) is 0 Å². The SMILES string of the molecule is CCC1OB2OC(C)(C)COc3ccc(Cl)c1c32. The molecule has 1 aromatic rings. The summed E-state index contributed by atoms with van der Waals surface area (Å²) in [7, 11) is -0.365. The van der Waals surface area contributed by atoms with Crippen LogP contribution in [0.1, 0.15) is 38.9 Å². The van der Waals surface area contributed by atoms with Crippen LogP contribution >= 0.6 is 11.6 Å². The van der Waals surface area contributed by atoms with Crippen LogP contribution in [-0.2, 0) is 9.31 Å². The molecule has 2 heterocycles. The van der Waals surface area contributed by atoms with Crippen LogP contribution in [0.5, 0.6) is 5.75 Å². The quantitative estimate of drug-likeness (QED) is 0.732. The van der Waals surface area contributed by atoms with Gasteiger partial charge in [0.15, 0.2) is 0 Å². The molecule has 0 spiro atoms. The summed E-state index contributed by atoms with van der Waals surface area (Å²) in [5.41, 5.74) is 1.63. The summed E-state index contributed by atoms with van der Waals surface area (Å²) in [4.78, 5) is 0. The van der Waals surface area contributed by atoms with Crippen LogP contribution in [0.3, 0.4) is 0 Å². The molecular weight excluding hydrogens is 250 g/mol. The van der Waals surface area contributed by atoms with E-state index < -0.39 is 0 Å². The number of hydrogen-bond acceptors (Lipinski definition) is 3. The largest absolute Gasteiger partial charge is 0.499 e. The molecule has 1 atom stereocenters. The van der Waals surface area contributed by atoms with Crippen LogP contribution in [0.4, 0.5) is 0 Å². The zero-order chi connectivity index (χ0) is 12.9. The summed E-state index contributed by atoms with van der Waals surface area (Å²) in [6.45, 7) is 6.60. The fourth-order valence-corrected chi connectivity index (χ4v) is 2.82. The Labute approximate surface area is 113 Å². The standard InChI is InChI=1S/C13H16BClO3/c1-4-9-11-8(15)5-6-10-12(11)14(17-9)18-13(2,3)7-16-10/h5-6,9H,4,7H2,1-3H3. The van der Waals surface area contributed by atoms with Crippen LogP contribution in [0, 0.1) is 0 Å². The van der Waals surface area contributed by atoms with Crippen molar-refractivity contribution in [2.45, 2.75) is 38.9 Å². The normalized spacial score (nSPS) is 24.4. The van der Waals surface area contributed by atoms with Gasteiger partial charge < -0.3 is 14.0 Å². The number of ether oxygens (including phenoxy) is 1. The van der Waals surface area contributed by atoms with Gasteiger partial charge in [0, 0.05) is 16.0 Å². The summed E-state index contributed by atoms with van der Waals surface area (Å²) in [5, 5.41) is 0.731. The Morgan fingerprint density at radius 3 is 2.94 bits per heavy atom. The fraction of sp³-hybridized carbons (Fsp3) is 0.538. The monoisotopic (exact) mass is 266 g/mol. The van der Waals surface area contributed by atoms with Crippen molar-refractivity contribution in [2.75, 3.05) is 6.61 Å². The van der Waals surface area contributed by atoms with E-state index in [0.29, 0.717) is 6.61 Å². The van der Waals surface area contributed by atoms with Gasteiger partial charge in [-0.05, 0) is 32.4 Å². The van der Waals surface area contributed by atoms with E-state index in [1.54, 1.807) is 0 Å². The first kappa shape index (κ1) is 12.3.